The Morgan fingerprint density at radius 2 is 2.00 bits per heavy atom. The number of aryl methyl sites for hydroxylation is 2. The monoisotopic (exact) mass is 253 g/mol. The highest BCUT2D eigenvalue weighted by atomic mass is 16.2. The number of amides is 1. The Kier molecular flexibility index (Phi) is 2.10. The molecule has 0 atom stereocenters. The van der Waals surface area contributed by atoms with Crippen LogP contribution in [0.4, 0.5) is 5.69 Å². The van der Waals surface area contributed by atoms with Crippen LogP contribution in [0.3, 0.4) is 0 Å². The molecule has 4 rings (SSSR count). The minimum absolute atomic E-state index is 0.0740. The normalized spacial score (nSPS) is 16.8. The summed E-state index contributed by atoms with van der Waals surface area (Å²) in [6.45, 7) is 2.05. The number of benzene rings is 1. The lowest BCUT2D eigenvalue weighted by molar-refractivity contribution is 0.0962. The van der Waals surface area contributed by atoms with Crippen molar-refractivity contribution in [2.45, 2.75) is 32.6 Å². The molecular weight excluding hydrogens is 238 g/mol. The van der Waals surface area contributed by atoms with Crippen molar-refractivity contribution in [1.29, 1.82) is 0 Å². The minimum atomic E-state index is -0.0740. The van der Waals surface area contributed by atoms with E-state index < -0.39 is 0 Å². The van der Waals surface area contributed by atoms with E-state index in [2.05, 4.69) is 17.8 Å². The molecule has 1 amide bonds. The average Bonchev–Trinajstić information content (AvgIpc) is 2.44. The van der Waals surface area contributed by atoms with Crippen molar-refractivity contribution >= 4 is 22.5 Å². The van der Waals surface area contributed by atoms with Gasteiger partial charge in [0.2, 0.25) is 0 Å². The first-order chi connectivity index (χ1) is 9.25. The number of hydrogen-bond acceptors (Lipinski definition) is 3. The van der Waals surface area contributed by atoms with Crippen LogP contribution in [0, 0.1) is 6.92 Å². The summed E-state index contributed by atoms with van der Waals surface area (Å²) in [5.74, 6) is -0.0740. The maximum atomic E-state index is 11.9. The summed E-state index contributed by atoms with van der Waals surface area (Å²) < 4.78 is 0. The van der Waals surface area contributed by atoms with Gasteiger partial charge in [0.25, 0.3) is 5.91 Å². The molecule has 0 saturated heterocycles. The highest BCUT2D eigenvalue weighted by molar-refractivity contribution is 6.14. The van der Waals surface area contributed by atoms with E-state index in [4.69, 9.17) is 4.98 Å². The van der Waals surface area contributed by atoms with E-state index in [0.717, 1.165) is 40.6 Å². The molecule has 0 saturated carbocycles. The molecule has 2 heterocycles. The summed E-state index contributed by atoms with van der Waals surface area (Å²) in [5, 5.41) is 0.990. The molecule has 2 aromatic rings. The highest BCUT2D eigenvalue weighted by Gasteiger charge is 2.25. The first-order valence-corrected chi connectivity index (χ1v) is 6.77. The Labute approximate surface area is 111 Å². The van der Waals surface area contributed by atoms with Crippen molar-refractivity contribution in [3.8, 4) is 0 Å². The van der Waals surface area contributed by atoms with Crippen LogP contribution in [-0.2, 0) is 12.8 Å². The van der Waals surface area contributed by atoms with E-state index in [1.165, 1.54) is 24.1 Å². The van der Waals surface area contributed by atoms with E-state index in [-0.39, 0.29) is 5.91 Å². The first kappa shape index (κ1) is 10.8. The number of nitrogens with zero attached hydrogens (tertiary/aromatic N) is 1. The SMILES string of the molecule is Cc1ccc2c3c(c4c(nc13)CCCC4)NNC2=O. The molecule has 0 unspecified atom stereocenters. The standard InChI is InChI=1S/C15H15N3O/c1-8-6-7-10-12-13(8)16-11-5-3-2-4-9(11)14(12)17-18-15(10)19/h6-7,17H,2-5H2,1H3,(H,18,19). The molecule has 1 aromatic carbocycles. The quantitative estimate of drug-likeness (QED) is 0.758. The number of carbonyl (C=O) groups excluding carboxylic acids is 1. The van der Waals surface area contributed by atoms with Crippen molar-refractivity contribution in [3.05, 3.63) is 34.5 Å². The Balaban J connectivity index is 2.17. The number of hydrogen-bond donors (Lipinski definition) is 2. The summed E-state index contributed by atoms with van der Waals surface area (Å²) in [6, 6.07) is 3.88. The number of hydrazine groups is 1. The summed E-state index contributed by atoms with van der Waals surface area (Å²) in [4.78, 5) is 16.8. The number of anilines is 1. The molecule has 0 radical (unpaired) electrons. The largest absolute Gasteiger partial charge is 0.297 e. The number of fused-ring (bicyclic) bond motifs is 2. The maximum Gasteiger partial charge on any atom is 0.270 e. The van der Waals surface area contributed by atoms with Crippen LogP contribution < -0.4 is 10.9 Å². The predicted molar refractivity (Wildman–Crippen MR) is 74.2 cm³/mol. The van der Waals surface area contributed by atoms with Gasteiger partial charge in [-0.3, -0.25) is 20.6 Å². The zero-order valence-electron chi connectivity index (χ0n) is 10.8. The second kappa shape index (κ2) is 3.70. The topological polar surface area (TPSA) is 54.0 Å². The lowest BCUT2D eigenvalue weighted by Gasteiger charge is -2.26. The van der Waals surface area contributed by atoms with Crippen molar-refractivity contribution in [2.75, 3.05) is 5.43 Å². The molecule has 0 spiro atoms. The Bertz CT molecular complexity index is 721. The van der Waals surface area contributed by atoms with Crippen LogP contribution in [0.5, 0.6) is 0 Å². The summed E-state index contributed by atoms with van der Waals surface area (Å²) >= 11 is 0. The second-order valence-electron chi connectivity index (χ2n) is 5.35. The van der Waals surface area contributed by atoms with E-state index in [1.807, 2.05) is 12.1 Å². The van der Waals surface area contributed by atoms with E-state index in [1.54, 1.807) is 0 Å². The molecule has 1 aliphatic carbocycles. The summed E-state index contributed by atoms with van der Waals surface area (Å²) in [5.41, 5.74) is 12.2. The Morgan fingerprint density at radius 3 is 2.89 bits per heavy atom. The smallest absolute Gasteiger partial charge is 0.270 e. The fraction of sp³-hybridized carbons (Fsp3) is 0.333. The van der Waals surface area contributed by atoms with Gasteiger partial charge in [-0.25, -0.2) is 0 Å². The van der Waals surface area contributed by atoms with Gasteiger partial charge in [0.15, 0.2) is 0 Å². The molecule has 1 aliphatic heterocycles. The number of nitrogens with one attached hydrogen (secondary N) is 2. The van der Waals surface area contributed by atoms with Crippen LogP contribution in [0.25, 0.3) is 10.9 Å². The van der Waals surface area contributed by atoms with Crippen molar-refractivity contribution in [3.63, 3.8) is 0 Å². The van der Waals surface area contributed by atoms with E-state index in [0.29, 0.717) is 0 Å². The molecule has 96 valence electrons. The third kappa shape index (κ3) is 1.40. The van der Waals surface area contributed by atoms with Crippen molar-refractivity contribution in [2.24, 2.45) is 0 Å². The van der Waals surface area contributed by atoms with Crippen LogP contribution >= 0.6 is 0 Å². The second-order valence-corrected chi connectivity index (χ2v) is 5.35. The van der Waals surface area contributed by atoms with Crippen LogP contribution in [0.1, 0.15) is 40.0 Å². The zero-order valence-corrected chi connectivity index (χ0v) is 10.8. The molecule has 4 heteroatoms. The molecule has 2 aliphatic rings. The molecule has 4 nitrogen and oxygen atoms in total. The Hall–Kier alpha value is -2.10. The number of aromatic nitrogens is 1. The molecule has 0 bridgehead atoms. The number of rotatable bonds is 0. The van der Waals surface area contributed by atoms with Crippen LogP contribution in [-0.4, -0.2) is 10.9 Å². The van der Waals surface area contributed by atoms with Crippen LogP contribution in [0.15, 0.2) is 12.1 Å². The van der Waals surface area contributed by atoms with Gasteiger partial charge in [0.05, 0.1) is 16.8 Å². The lowest BCUT2D eigenvalue weighted by atomic mass is 9.90. The van der Waals surface area contributed by atoms with Crippen molar-refractivity contribution in [1.82, 2.24) is 10.4 Å². The molecule has 19 heavy (non-hydrogen) atoms. The fourth-order valence-corrected chi connectivity index (χ4v) is 3.17. The zero-order chi connectivity index (χ0) is 13.0. The molecule has 1 aromatic heterocycles. The fourth-order valence-electron chi connectivity index (χ4n) is 3.17. The average molecular weight is 253 g/mol. The van der Waals surface area contributed by atoms with Gasteiger partial charge in [-0.1, -0.05) is 6.07 Å². The highest BCUT2D eigenvalue weighted by Crippen LogP contribution is 2.37. The van der Waals surface area contributed by atoms with Crippen LogP contribution in [0.2, 0.25) is 0 Å². The summed E-state index contributed by atoms with van der Waals surface area (Å²) in [7, 11) is 0. The Morgan fingerprint density at radius 1 is 1.16 bits per heavy atom. The van der Waals surface area contributed by atoms with E-state index in [9.17, 15) is 4.79 Å². The van der Waals surface area contributed by atoms with Gasteiger partial charge in [0.1, 0.15) is 0 Å². The molecular formula is C15H15N3O. The van der Waals surface area contributed by atoms with Gasteiger partial charge < -0.3 is 0 Å². The van der Waals surface area contributed by atoms with Gasteiger partial charge in [-0.05, 0) is 49.8 Å². The maximum absolute atomic E-state index is 11.9. The molecule has 0 fully saturated rings. The minimum Gasteiger partial charge on any atom is -0.297 e. The van der Waals surface area contributed by atoms with Gasteiger partial charge in [-0.15, -0.1) is 0 Å². The van der Waals surface area contributed by atoms with Gasteiger partial charge >= 0.3 is 0 Å². The molecule has 2 N–H and O–H groups in total. The van der Waals surface area contributed by atoms with Gasteiger partial charge in [-0.2, -0.15) is 0 Å². The number of carbonyl (C=O) groups is 1. The first-order valence-electron chi connectivity index (χ1n) is 6.77. The summed E-state index contributed by atoms with van der Waals surface area (Å²) in [6.07, 6.45) is 4.49. The lowest BCUT2D eigenvalue weighted by Crippen LogP contribution is -2.34. The van der Waals surface area contributed by atoms with E-state index >= 15 is 0 Å². The van der Waals surface area contributed by atoms with Gasteiger partial charge in [0, 0.05) is 11.1 Å². The third-order valence-electron chi connectivity index (χ3n) is 4.16. The third-order valence-corrected chi connectivity index (χ3v) is 4.16. The predicted octanol–water partition coefficient (Wildman–Crippen LogP) is 2.49. The number of pyridine rings is 1. The van der Waals surface area contributed by atoms with Crippen molar-refractivity contribution < 1.29 is 4.79 Å².